The monoisotopic (exact) mass is 237 g/mol. The second-order valence-electron chi connectivity index (χ2n) is 4.90. The molecule has 0 bridgehead atoms. The summed E-state index contributed by atoms with van der Waals surface area (Å²) in [6.07, 6.45) is 2.18. The Morgan fingerprint density at radius 3 is 3.06 bits per heavy atom. The first kappa shape index (κ1) is 12.3. The largest absolute Gasteiger partial charge is 0.378 e. The standard InChI is InChI=1S/C12H19N3O2/c1-9(6-13)7-15-4-5-17-8-11(15)12(16)14-10-2-3-10/h9-11H,2-5,7-8H2,1H3,(H,14,16). The van der Waals surface area contributed by atoms with Crippen LogP contribution in [0.1, 0.15) is 19.8 Å². The van der Waals surface area contributed by atoms with Crippen molar-refractivity contribution in [2.24, 2.45) is 5.92 Å². The third-order valence-electron chi connectivity index (χ3n) is 3.19. The van der Waals surface area contributed by atoms with Crippen molar-refractivity contribution in [1.29, 1.82) is 5.26 Å². The molecule has 0 radical (unpaired) electrons. The van der Waals surface area contributed by atoms with Gasteiger partial charge in [-0.3, -0.25) is 9.69 Å². The molecule has 5 heteroatoms. The van der Waals surface area contributed by atoms with Gasteiger partial charge >= 0.3 is 0 Å². The van der Waals surface area contributed by atoms with E-state index >= 15 is 0 Å². The Morgan fingerprint density at radius 1 is 1.65 bits per heavy atom. The minimum atomic E-state index is -0.222. The van der Waals surface area contributed by atoms with E-state index in [2.05, 4.69) is 16.3 Å². The fourth-order valence-corrected chi connectivity index (χ4v) is 2.02. The molecule has 2 rings (SSSR count). The van der Waals surface area contributed by atoms with E-state index in [1.807, 2.05) is 6.92 Å². The molecule has 1 amide bonds. The van der Waals surface area contributed by atoms with E-state index in [9.17, 15) is 4.79 Å². The molecule has 0 aromatic heterocycles. The van der Waals surface area contributed by atoms with Crippen LogP contribution in [0.4, 0.5) is 0 Å². The van der Waals surface area contributed by atoms with E-state index in [0.29, 0.717) is 25.8 Å². The number of nitrogens with zero attached hydrogens (tertiary/aromatic N) is 2. The zero-order valence-corrected chi connectivity index (χ0v) is 10.2. The summed E-state index contributed by atoms with van der Waals surface area (Å²) in [6, 6.07) is 2.36. The zero-order valence-electron chi connectivity index (χ0n) is 10.2. The van der Waals surface area contributed by atoms with E-state index in [4.69, 9.17) is 10.00 Å². The summed E-state index contributed by atoms with van der Waals surface area (Å²) in [5, 5.41) is 11.8. The third kappa shape index (κ3) is 3.42. The molecule has 1 aliphatic carbocycles. The second-order valence-corrected chi connectivity index (χ2v) is 4.90. The predicted octanol–water partition coefficient (Wildman–Crippen LogP) is 0.125. The van der Waals surface area contributed by atoms with E-state index in [1.165, 1.54) is 0 Å². The van der Waals surface area contributed by atoms with Crippen molar-refractivity contribution in [2.45, 2.75) is 31.8 Å². The number of hydrogen-bond donors (Lipinski definition) is 1. The Bertz CT molecular complexity index is 322. The van der Waals surface area contributed by atoms with Crippen LogP contribution in [0.2, 0.25) is 0 Å². The summed E-state index contributed by atoms with van der Waals surface area (Å²) >= 11 is 0. The van der Waals surface area contributed by atoms with Gasteiger partial charge in [-0.05, 0) is 19.8 Å². The molecule has 1 saturated heterocycles. The fourth-order valence-electron chi connectivity index (χ4n) is 2.02. The van der Waals surface area contributed by atoms with Crippen LogP contribution in [0.25, 0.3) is 0 Å². The van der Waals surface area contributed by atoms with E-state index in [0.717, 1.165) is 19.4 Å². The molecule has 0 spiro atoms. The van der Waals surface area contributed by atoms with Crippen LogP contribution in [-0.2, 0) is 9.53 Å². The third-order valence-corrected chi connectivity index (χ3v) is 3.19. The van der Waals surface area contributed by atoms with Crippen LogP contribution in [0, 0.1) is 17.2 Å². The average molecular weight is 237 g/mol. The fraction of sp³-hybridized carbons (Fsp3) is 0.833. The predicted molar refractivity (Wildman–Crippen MR) is 62.1 cm³/mol. The highest BCUT2D eigenvalue weighted by Crippen LogP contribution is 2.19. The summed E-state index contributed by atoms with van der Waals surface area (Å²) < 4.78 is 5.37. The molecule has 1 aliphatic heterocycles. The van der Waals surface area contributed by atoms with Gasteiger partial charge in [0.2, 0.25) is 5.91 Å². The number of ether oxygens (including phenoxy) is 1. The molecule has 5 nitrogen and oxygen atoms in total. The van der Waals surface area contributed by atoms with E-state index in [-0.39, 0.29) is 17.9 Å². The maximum absolute atomic E-state index is 12.0. The van der Waals surface area contributed by atoms with Crippen LogP contribution >= 0.6 is 0 Å². The van der Waals surface area contributed by atoms with Gasteiger partial charge in [0, 0.05) is 19.1 Å². The highest BCUT2D eigenvalue weighted by Gasteiger charge is 2.33. The molecular formula is C12H19N3O2. The first-order chi connectivity index (χ1) is 8.20. The Labute approximate surface area is 102 Å². The van der Waals surface area contributed by atoms with Crippen molar-refractivity contribution >= 4 is 5.91 Å². The first-order valence-corrected chi connectivity index (χ1v) is 6.22. The smallest absolute Gasteiger partial charge is 0.239 e. The number of nitriles is 1. The maximum Gasteiger partial charge on any atom is 0.239 e. The topological polar surface area (TPSA) is 65.4 Å². The summed E-state index contributed by atoms with van der Waals surface area (Å²) in [7, 11) is 0. The Balaban J connectivity index is 1.90. The van der Waals surface area contributed by atoms with Gasteiger partial charge in [-0.15, -0.1) is 0 Å². The number of carbonyl (C=O) groups excluding carboxylic acids is 1. The van der Waals surface area contributed by atoms with Crippen molar-refractivity contribution < 1.29 is 9.53 Å². The number of nitrogens with one attached hydrogen (secondary N) is 1. The Hall–Kier alpha value is -1.12. The van der Waals surface area contributed by atoms with E-state index < -0.39 is 0 Å². The minimum Gasteiger partial charge on any atom is -0.378 e. The minimum absolute atomic E-state index is 0.0516. The number of rotatable bonds is 4. The van der Waals surface area contributed by atoms with Crippen molar-refractivity contribution in [3.8, 4) is 6.07 Å². The Morgan fingerprint density at radius 2 is 2.41 bits per heavy atom. The lowest BCUT2D eigenvalue weighted by atomic mass is 10.1. The summed E-state index contributed by atoms with van der Waals surface area (Å²) in [6.45, 7) is 4.34. The summed E-state index contributed by atoms with van der Waals surface area (Å²) in [5.74, 6) is 0.00154. The summed E-state index contributed by atoms with van der Waals surface area (Å²) in [4.78, 5) is 14.1. The lowest BCUT2D eigenvalue weighted by Crippen LogP contribution is -2.55. The van der Waals surface area contributed by atoms with Gasteiger partial charge in [0.05, 0.1) is 25.2 Å². The maximum atomic E-state index is 12.0. The van der Waals surface area contributed by atoms with Gasteiger partial charge in [-0.1, -0.05) is 0 Å². The molecule has 2 atom stereocenters. The number of carbonyl (C=O) groups is 1. The van der Waals surface area contributed by atoms with Crippen LogP contribution in [0.15, 0.2) is 0 Å². The van der Waals surface area contributed by atoms with Gasteiger partial charge in [0.1, 0.15) is 6.04 Å². The highest BCUT2D eigenvalue weighted by molar-refractivity contribution is 5.82. The van der Waals surface area contributed by atoms with Gasteiger partial charge in [0.25, 0.3) is 0 Å². The van der Waals surface area contributed by atoms with Crippen LogP contribution in [-0.4, -0.2) is 49.2 Å². The second kappa shape index (κ2) is 5.48. The first-order valence-electron chi connectivity index (χ1n) is 6.22. The average Bonchev–Trinajstić information content (AvgIpc) is 3.13. The van der Waals surface area contributed by atoms with Crippen LogP contribution in [0.3, 0.4) is 0 Å². The molecule has 1 heterocycles. The van der Waals surface area contributed by atoms with Crippen molar-refractivity contribution in [3.63, 3.8) is 0 Å². The molecule has 2 fully saturated rings. The van der Waals surface area contributed by atoms with Gasteiger partial charge in [-0.2, -0.15) is 5.26 Å². The normalized spacial score (nSPS) is 27.2. The van der Waals surface area contributed by atoms with Gasteiger partial charge < -0.3 is 10.1 Å². The number of hydrogen-bond acceptors (Lipinski definition) is 4. The molecule has 0 aromatic carbocycles. The molecule has 0 aromatic rings. The quantitative estimate of drug-likeness (QED) is 0.754. The molecular weight excluding hydrogens is 218 g/mol. The number of morpholine rings is 1. The van der Waals surface area contributed by atoms with Gasteiger partial charge in [0.15, 0.2) is 0 Å². The van der Waals surface area contributed by atoms with Crippen LogP contribution in [0.5, 0.6) is 0 Å². The molecule has 17 heavy (non-hydrogen) atoms. The molecule has 2 unspecified atom stereocenters. The molecule has 2 aliphatic rings. The zero-order chi connectivity index (χ0) is 12.3. The van der Waals surface area contributed by atoms with Crippen molar-refractivity contribution in [1.82, 2.24) is 10.2 Å². The van der Waals surface area contributed by atoms with Crippen LogP contribution < -0.4 is 5.32 Å². The molecule has 1 N–H and O–H groups in total. The Kier molecular flexibility index (Phi) is 3.97. The molecule has 94 valence electrons. The highest BCUT2D eigenvalue weighted by atomic mass is 16.5. The lowest BCUT2D eigenvalue weighted by Gasteiger charge is -2.35. The van der Waals surface area contributed by atoms with Gasteiger partial charge in [-0.25, -0.2) is 0 Å². The SMILES string of the molecule is CC(C#N)CN1CCOCC1C(=O)NC1CC1. The van der Waals surface area contributed by atoms with Crippen molar-refractivity contribution in [3.05, 3.63) is 0 Å². The number of amides is 1. The molecule has 1 saturated carbocycles. The van der Waals surface area contributed by atoms with Crippen molar-refractivity contribution in [2.75, 3.05) is 26.3 Å². The summed E-state index contributed by atoms with van der Waals surface area (Å²) in [5.41, 5.74) is 0. The van der Waals surface area contributed by atoms with E-state index in [1.54, 1.807) is 0 Å². The lowest BCUT2D eigenvalue weighted by molar-refractivity contribution is -0.132.